The molecular weight excluding hydrogens is 1170 g/mol. The van der Waals surface area contributed by atoms with Crippen molar-refractivity contribution >= 4 is 88.2 Å². The van der Waals surface area contributed by atoms with E-state index in [1.165, 1.54) is 6.92 Å². The number of nitrogens with zero attached hydrogens (tertiary/aromatic N) is 2. The normalized spacial score (nSPS) is 15.1. The van der Waals surface area contributed by atoms with Gasteiger partial charge in [0.2, 0.25) is 35.4 Å². The number of hydrogen-bond donors (Lipinski definition) is 14. The van der Waals surface area contributed by atoms with Crippen molar-refractivity contribution in [3.8, 4) is 0 Å². The van der Waals surface area contributed by atoms with Gasteiger partial charge in [-0.05, 0) is 75.3 Å². The Labute approximate surface area is 526 Å². The summed E-state index contributed by atoms with van der Waals surface area (Å²) in [6.07, 6.45) is -2.26. The lowest BCUT2D eigenvalue weighted by Crippen LogP contribution is -2.50. The van der Waals surface area contributed by atoms with Crippen molar-refractivity contribution in [1.82, 2.24) is 26.6 Å². The van der Waals surface area contributed by atoms with E-state index < -0.39 is 187 Å². The number of aliphatic imine (C=N–C) groups is 2. The highest BCUT2D eigenvalue weighted by atomic mass is 16.4. The predicted molar refractivity (Wildman–Crippen MR) is 334 cm³/mol. The van der Waals surface area contributed by atoms with Gasteiger partial charge in [-0.15, -0.1) is 0 Å². The summed E-state index contributed by atoms with van der Waals surface area (Å²) in [6, 6.07) is 1.67. The lowest BCUT2D eigenvalue weighted by molar-refractivity contribution is -0.141. The summed E-state index contributed by atoms with van der Waals surface area (Å²) in [7, 11) is 0. The molecule has 20 N–H and O–H groups in total. The number of carbonyl (C=O) groups is 13. The maximum absolute atomic E-state index is 14.4. The molecule has 29 nitrogen and oxygen atoms in total. The molecule has 0 unspecified atom stereocenters. The number of carbonyl (C=O) groups excluding carboxylic acids is 11. The van der Waals surface area contributed by atoms with Gasteiger partial charge < -0.3 is 76.3 Å². The summed E-state index contributed by atoms with van der Waals surface area (Å²) in [5.41, 5.74) is 34.2. The number of rotatable bonds is 49. The molecular formula is C61H99N13O16. The minimum absolute atomic E-state index is 0.00975. The SMILES string of the molecule is CC[C@H](C)[C@H](CC(=O)[C@H](Cc1ccccc1)NC(=O)[C@@H](CC(=O)[C@H](CC(=O)O)NC(=O)[C@H](C)CC(=O)[C@H](CO)NC(=O)[C@H](CCCN=C(N)N)CC(=O)[C@H](CCCN=C(N)N)NC(=O)[C@H](CCCCN)CC(=O)[C@H](CCC(=O)O)NC(C)=O)[C@@H](C)CC)C(N)=O. The Balaban J connectivity index is 3.52. The lowest BCUT2D eigenvalue weighted by atomic mass is 9.83. The second-order valence-electron chi connectivity index (χ2n) is 23.1. The van der Waals surface area contributed by atoms with Gasteiger partial charge in [0.25, 0.3) is 0 Å². The second-order valence-corrected chi connectivity index (χ2v) is 23.1. The van der Waals surface area contributed by atoms with Crippen LogP contribution < -0.4 is 61.0 Å². The van der Waals surface area contributed by atoms with Gasteiger partial charge >= 0.3 is 11.9 Å². The molecule has 0 fully saturated rings. The number of primary amides is 1. The van der Waals surface area contributed by atoms with Crippen LogP contribution in [0.4, 0.5) is 0 Å². The summed E-state index contributed by atoms with van der Waals surface area (Å²) in [4.78, 5) is 182. The predicted octanol–water partition coefficient (Wildman–Crippen LogP) is -0.285. The van der Waals surface area contributed by atoms with Gasteiger partial charge in [-0.2, -0.15) is 0 Å². The Morgan fingerprint density at radius 2 is 0.944 bits per heavy atom. The molecule has 0 bridgehead atoms. The number of guanidine groups is 2. The number of hydrogen-bond acceptors (Lipinski definition) is 17. The summed E-state index contributed by atoms with van der Waals surface area (Å²) in [5, 5.41) is 42.4. The fourth-order valence-electron chi connectivity index (χ4n) is 10.0. The van der Waals surface area contributed by atoms with Crippen LogP contribution in [-0.4, -0.2) is 160 Å². The van der Waals surface area contributed by atoms with Crippen molar-refractivity contribution in [3.05, 3.63) is 35.9 Å². The van der Waals surface area contributed by atoms with Crippen LogP contribution in [0.25, 0.3) is 0 Å². The lowest BCUT2D eigenvalue weighted by Gasteiger charge is -2.28. The van der Waals surface area contributed by atoms with Crippen molar-refractivity contribution in [1.29, 1.82) is 0 Å². The van der Waals surface area contributed by atoms with E-state index in [0.717, 1.165) is 6.92 Å². The molecule has 504 valence electrons. The highest BCUT2D eigenvalue weighted by Gasteiger charge is 2.38. The van der Waals surface area contributed by atoms with Crippen molar-refractivity contribution in [2.24, 2.45) is 85.8 Å². The first-order chi connectivity index (χ1) is 42.4. The highest BCUT2D eigenvalue weighted by molar-refractivity contribution is 5.99. The fraction of sp³-hybridized carbons (Fsp3) is 0.656. The molecule has 90 heavy (non-hydrogen) atoms. The number of nitrogens with two attached hydrogens (primary N) is 6. The van der Waals surface area contributed by atoms with Crippen LogP contribution in [0.2, 0.25) is 0 Å². The quantitative estimate of drug-likeness (QED) is 0.0227. The van der Waals surface area contributed by atoms with Gasteiger partial charge in [-0.3, -0.25) is 72.3 Å². The Morgan fingerprint density at radius 3 is 1.43 bits per heavy atom. The van der Waals surface area contributed by atoms with E-state index in [0.29, 0.717) is 31.2 Å². The summed E-state index contributed by atoms with van der Waals surface area (Å²) in [6.45, 7) is 8.76. The number of Topliss-reactive ketones (excluding diaryl/α,β-unsaturated/α-hetero) is 5. The number of benzene rings is 1. The number of ketones is 5. The number of unbranched alkanes of at least 4 members (excludes halogenated alkanes) is 1. The Bertz CT molecular complexity index is 2630. The van der Waals surface area contributed by atoms with E-state index in [1.807, 2.05) is 6.92 Å². The summed E-state index contributed by atoms with van der Waals surface area (Å²) in [5.74, 6) is -17.8. The molecule has 1 aromatic carbocycles. The molecule has 0 spiro atoms. The van der Waals surface area contributed by atoms with Crippen molar-refractivity contribution in [2.75, 3.05) is 26.2 Å². The fourth-order valence-corrected chi connectivity index (χ4v) is 10.0. The maximum atomic E-state index is 14.4. The molecule has 0 saturated carbocycles. The average molecular weight is 1270 g/mol. The first-order valence-electron chi connectivity index (χ1n) is 30.7. The zero-order valence-electron chi connectivity index (χ0n) is 52.9. The van der Waals surface area contributed by atoms with E-state index in [2.05, 4.69) is 36.6 Å². The number of carboxylic acid groups (broad SMARTS) is 2. The van der Waals surface area contributed by atoms with Crippen LogP contribution in [0, 0.1) is 41.4 Å². The molecule has 1 aromatic rings. The highest BCUT2D eigenvalue weighted by Crippen LogP contribution is 2.25. The molecule has 0 aliphatic heterocycles. The van der Waals surface area contributed by atoms with Gasteiger partial charge in [0, 0.05) is 88.1 Å². The van der Waals surface area contributed by atoms with E-state index in [4.69, 9.17) is 34.4 Å². The molecule has 0 aromatic heterocycles. The molecule has 0 saturated heterocycles. The zero-order valence-corrected chi connectivity index (χ0v) is 52.9. The third-order valence-corrected chi connectivity index (χ3v) is 15.8. The largest absolute Gasteiger partial charge is 0.481 e. The average Bonchev–Trinajstić information content (AvgIpc) is 3.28. The van der Waals surface area contributed by atoms with Crippen molar-refractivity contribution < 1.29 is 77.6 Å². The Kier molecular flexibility index (Phi) is 37.8. The van der Waals surface area contributed by atoms with Crippen LogP contribution in [0.15, 0.2) is 40.3 Å². The molecule has 0 heterocycles. The first-order valence-corrected chi connectivity index (χ1v) is 30.7. The zero-order chi connectivity index (χ0) is 68.2. The van der Waals surface area contributed by atoms with Crippen LogP contribution >= 0.6 is 0 Å². The monoisotopic (exact) mass is 1270 g/mol. The molecule has 0 aliphatic carbocycles. The van der Waals surface area contributed by atoms with Gasteiger partial charge in [-0.1, -0.05) is 84.2 Å². The van der Waals surface area contributed by atoms with E-state index in [1.54, 1.807) is 51.1 Å². The minimum Gasteiger partial charge on any atom is -0.481 e. The van der Waals surface area contributed by atoms with Gasteiger partial charge in [0.15, 0.2) is 40.8 Å². The number of aliphatic carboxylic acids is 2. The van der Waals surface area contributed by atoms with Crippen LogP contribution in [0.3, 0.4) is 0 Å². The topological polar surface area (TPSA) is 524 Å². The van der Waals surface area contributed by atoms with Gasteiger partial charge in [-0.25, -0.2) is 0 Å². The minimum atomic E-state index is -1.71. The van der Waals surface area contributed by atoms with Crippen LogP contribution in [-0.2, 0) is 68.7 Å². The van der Waals surface area contributed by atoms with Crippen molar-refractivity contribution in [2.45, 2.75) is 187 Å². The van der Waals surface area contributed by atoms with Crippen LogP contribution in [0.5, 0.6) is 0 Å². The van der Waals surface area contributed by atoms with E-state index >= 15 is 0 Å². The van der Waals surface area contributed by atoms with Gasteiger partial charge in [0.05, 0.1) is 37.2 Å². The van der Waals surface area contributed by atoms with E-state index in [-0.39, 0.29) is 88.8 Å². The third kappa shape index (κ3) is 31.3. The van der Waals surface area contributed by atoms with Gasteiger partial charge in [0.1, 0.15) is 6.04 Å². The molecule has 12 atom stereocenters. The van der Waals surface area contributed by atoms with Crippen LogP contribution in [0.1, 0.15) is 156 Å². The number of amides is 6. The maximum Gasteiger partial charge on any atom is 0.305 e. The third-order valence-electron chi connectivity index (χ3n) is 15.8. The number of aliphatic hydroxyl groups is 1. The molecule has 1 rings (SSSR count). The first kappa shape index (κ1) is 79.8. The molecule has 0 radical (unpaired) electrons. The Morgan fingerprint density at radius 1 is 0.489 bits per heavy atom. The van der Waals surface area contributed by atoms with E-state index in [9.17, 15) is 77.6 Å². The number of aliphatic hydroxyl groups excluding tert-OH is 1. The Hall–Kier alpha value is -8.21. The number of nitrogens with one attached hydrogen (secondary N) is 5. The van der Waals surface area contributed by atoms with Crippen molar-refractivity contribution in [3.63, 3.8) is 0 Å². The smallest absolute Gasteiger partial charge is 0.305 e. The molecule has 29 heteroatoms. The summed E-state index contributed by atoms with van der Waals surface area (Å²) < 4.78 is 0. The second kappa shape index (κ2) is 42.7. The molecule has 0 aliphatic rings. The molecule has 6 amide bonds. The number of carboxylic acids is 2. The summed E-state index contributed by atoms with van der Waals surface area (Å²) >= 11 is 0. The standard InChI is InChI=1S/C61H99N13O16/c1-7-34(3)41(55(63)86)30-51(80)45(27-38-16-10-9-11-17-38)73-59(90)42(35(4)8-2)31-52(81)46(32-54(84)85)72-56(87)36(5)26-48(77)47(33-75)74-58(89)40(19-14-24-68-60(64)65)29-49(78)43(20-15-25-69-61(66)67)71-57(88)39(18-12-13-23-62)28-50(79)44(70-37(6)76)21-22-53(82)83/h9-11,16-17,34-36,39-47,75H,7-8,12-15,18-33,62H2,1-6H3,(H2,63,86)(H,70,76)(H,71,88)(H,72,87)(H,73,90)(H,74,89)(H,82,83)(H,84,85)(H4,64,65,68)(H4,66,67,69)/t34-,35-,36+,39+,40+,41-,42-,43-,44-,45-,46-,47-/m0/s1.